The molecule has 0 spiro atoms. The molecule has 2 rings (SSSR count). The van der Waals surface area contributed by atoms with Crippen LogP contribution in [-0.4, -0.2) is 21.7 Å². The highest BCUT2D eigenvalue weighted by Gasteiger charge is 2.16. The van der Waals surface area contributed by atoms with Gasteiger partial charge in [0.25, 0.3) is 0 Å². The van der Waals surface area contributed by atoms with Crippen LogP contribution >= 0.6 is 0 Å². The maximum absolute atomic E-state index is 9.05. The van der Waals surface area contributed by atoms with E-state index >= 15 is 0 Å². The van der Waals surface area contributed by atoms with Crippen LogP contribution in [0, 0.1) is 25.2 Å². The van der Waals surface area contributed by atoms with Crippen LogP contribution in [0.5, 0.6) is 0 Å². The molecule has 0 aliphatic heterocycles. The molecule has 0 radical (unpaired) electrons. The number of rotatable bonds is 2. The maximum Gasteiger partial charge on any atom is 0.173 e. The number of hydrogen-bond donors (Lipinski definition) is 2. The molecule has 0 bridgehead atoms. The van der Waals surface area contributed by atoms with Crippen molar-refractivity contribution in [3.05, 3.63) is 16.8 Å². The van der Waals surface area contributed by atoms with Crippen molar-refractivity contribution in [3.8, 4) is 6.07 Å². The van der Waals surface area contributed by atoms with E-state index in [2.05, 4.69) is 15.6 Å². The smallest absolute Gasteiger partial charge is 0.173 e. The second-order valence-corrected chi connectivity index (χ2v) is 3.58. The number of hydrogen-bond acceptors (Lipinski definition) is 6. The highest BCUT2D eigenvalue weighted by atomic mass is 16.6. The normalized spacial score (nSPS) is 10.5. The molecule has 7 nitrogen and oxygen atoms in total. The third-order valence-electron chi connectivity index (χ3n) is 2.58. The van der Waals surface area contributed by atoms with Crippen molar-refractivity contribution in [2.45, 2.75) is 13.8 Å². The van der Waals surface area contributed by atoms with E-state index < -0.39 is 0 Å². The summed E-state index contributed by atoms with van der Waals surface area (Å²) in [6, 6.07) is 1.98. The van der Waals surface area contributed by atoms with Crippen molar-refractivity contribution < 1.29 is 4.84 Å². The lowest BCUT2D eigenvalue weighted by Gasteiger charge is -2.08. The van der Waals surface area contributed by atoms with Gasteiger partial charge in [-0.3, -0.25) is 4.84 Å². The van der Waals surface area contributed by atoms with Crippen LogP contribution in [0.4, 0.5) is 11.6 Å². The van der Waals surface area contributed by atoms with Crippen LogP contribution in [0.2, 0.25) is 0 Å². The molecule has 2 aromatic rings. The zero-order chi connectivity index (χ0) is 12.6. The van der Waals surface area contributed by atoms with Gasteiger partial charge in [-0.15, -0.1) is 0 Å². The molecule has 0 aliphatic carbocycles. The van der Waals surface area contributed by atoms with Gasteiger partial charge in [0.1, 0.15) is 17.5 Å². The van der Waals surface area contributed by atoms with Crippen molar-refractivity contribution in [1.82, 2.24) is 14.6 Å². The second kappa shape index (κ2) is 3.92. The highest BCUT2D eigenvalue weighted by Crippen LogP contribution is 2.23. The quantitative estimate of drug-likeness (QED) is 0.742. The Balaban J connectivity index is 2.84. The highest BCUT2D eigenvalue weighted by molar-refractivity contribution is 5.68. The number of aromatic nitrogens is 3. The van der Waals surface area contributed by atoms with Gasteiger partial charge in [0.2, 0.25) is 0 Å². The molecule has 7 heteroatoms. The van der Waals surface area contributed by atoms with Crippen molar-refractivity contribution >= 4 is 17.3 Å². The minimum atomic E-state index is 0.210. The van der Waals surface area contributed by atoms with E-state index in [9.17, 15) is 0 Å². The molecule has 3 N–H and O–H groups in total. The topological polar surface area (TPSA) is 101 Å². The molecule has 17 heavy (non-hydrogen) atoms. The Kier molecular flexibility index (Phi) is 2.57. The third kappa shape index (κ3) is 1.55. The first-order valence-electron chi connectivity index (χ1n) is 4.94. The van der Waals surface area contributed by atoms with Crippen molar-refractivity contribution in [2.75, 3.05) is 18.3 Å². The number of nitrogens with one attached hydrogen (secondary N) is 1. The summed E-state index contributed by atoms with van der Waals surface area (Å²) >= 11 is 0. The van der Waals surface area contributed by atoms with Gasteiger partial charge in [-0.25, -0.2) is 10.5 Å². The summed E-state index contributed by atoms with van der Waals surface area (Å²) in [7, 11) is 1.44. The Hall–Kier alpha value is -2.33. The van der Waals surface area contributed by atoms with Crippen LogP contribution in [0.25, 0.3) is 5.65 Å². The van der Waals surface area contributed by atoms with Crippen molar-refractivity contribution in [1.29, 1.82) is 5.26 Å². The summed E-state index contributed by atoms with van der Waals surface area (Å²) in [4.78, 5) is 9.05. The molecule has 88 valence electrons. The first-order chi connectivity index (χ1) is 8.10. The van der Waals surface area contributed by atoms with Crippen LogP contribution in [0.15, 0.2) is 0 Å². The van der Waals surface area contributed by atoms with Crippen LogP contribution in [0.1, 0.15) is 16.8 Å². The van der Waals surface area contributed by atoms with Gasteiger partial charge in [0, 0.05) is 5.56 Å². The molecule has 0 atom stereocenters. The van der Waals surface area contributed by atoms with Gasteiger partial charge in [-0.1, -0.05) is 0 Å². The Bertz CT molecular complexity index is 624. The standard InChI is InChI=1S/C10H12N6O/c1-5-6(2)14-16-8(12)7(4-11)9(15-17-3)13-10(5)16/h12H2,1-3H3,(H,13,15). The number of nitrogens with two attached hydrogens (primary N) is 1. The SMILES string of the molecule is CONc1nc2c(C)c(C)nn2c(N)c1C#N. The van der Waals surface area contributed by atoms with Crippen LogP contribution in [0.3, 0.4) is 0 Å². The lowest BCUT2D eigenvalue weighted by Crippen LogP contribution is -2.09. The van der Waals surface area contributed by atoms with Gasteiger partial charge < -0.3 is 5.73 Å². The molecular formula is C10H12N6O. The van der Waals surface area contributed by atoms with E-state index in [-0.39, 0.29) is 11.4 Å². The number of nitriles is 1. The van der Waals surface area contributed by atoms with Crippen LogP contribution < -0.4 is 11.2 Å². The zero-order valence-electron chi connectivity index (χ0n) is 9.77. The Morgan fingerprint density at radius 1 is 1.47 bits per heavy atom. The van der Waals surface area contributed by atoms with Crippen molar-refractivity contribution in [2.24, 2.45) is 0 Å². The zero-order valence-corrected chi connectivity index (χ0v) is 9.77. The number of anilines is 2. The monoisotopic (exact) mass is 232 g/mol. The average Bonchev–Trinajstić information content (AvgIpc) is 2.58. The van der Waals surface area contributed by atoms with Gasteiger partial charge in [0.05, 0.1) is 12.8 Å². The molecule has 0 saturated heterocycles. The molecule has 0 amide bonds. The summed E-state index contributed by atoms with van der Waals surface area (Å²) in [5.41, 5.74) is 11.0. The van der Waals surface area contributed by atoms with Gasteiger partial charge in [-0.05, 0) is 13.8 Å². The molecule has 0 fully saturated rings. The fraction of sp³-hybridized carbons (Fsp3) is 0.300. The molecule has 0 saturated carbocycles. The summed E-state index contributed by atoms with van der Waals surface area (Å²) in [6.45, 7) is 3.76. The lowest BCUT2D eigenvalue weighted by molar-refractivity contribution is 0.269. The second-order valence-electron chi connectivity index (χ2n) is 3.58. The van der Waals surface area contributed by atoms with E-state index in [1.54, 1.807) is 0 Å². The Morgan fingerprint density at radius 2 is 2.18 bits per heavy atom. The summed E-state index contributed by atoms with van der Waals surface area (Å²) in [5.74, 6) is 0.538. The summed E-state index contributed by atoms with van der Waals surface area (Å²) in [5, 5.41) is 13.3. The van der Waals surface area contributed by atoms with Gasteiger partial charge in [0.15, 0.2) is 11.5 Å². The van der Waals surface area contributed by atoms with Crippen LogP contribution in [-0.2, 0) is 4.84 Å². The summed E-state index contributed by atoms with van der Waals surface area (Å²) < 4.78 is 1.46. The minimum absolute atomic E-state index is 0.210. The maximum atomic E-state index is 9.05. The molecule has 0 aliphatic rings. The summed E-state index contributed by atoms with van der Waals surface area (Å²) in [6.07, 6.45) is 0. The van der Waals surface area contributed by atoms with Gasteiger partial charge >= 0.3 is 0 Å². The first kappa shape index (κ1) is 11.2. The molecule has 0 aromatic carbocycles. The van der Waals surface area contributed by atoms with E-state index in [0.29, 0.717) is 11.5 Å². The van der Waals surface area contributed by atoms with Gasteiger partial charge in [-0.2, -0.15) is 14.9 Å². The number of fused-ring (bicyclic) bond motifs is 1. The number of aryl methyl sites for hydroxylation is 2. The fourth-order valence-corrected chi connectivity index (χ4v) is 1.56. The van der Waals surface area contributed by atoms with E-state index in [4.69, 9.17) is 15.8 Å². The fourth-order valence-electron chi connectivity index (χ4n) is 1.56. The minimum Gasteiger partial charge on any atom is -0.382 e. The Morgan fingerprint density at radius 3 is 2.76 bits per heavy atom. The van der Waals surface area contributed by atoms with E-state index in [1.807, 2.05) is 19.9 Å². The van der Waals surface area contributed by atoms with E-state index in [0.717, 1.165) is 11.3 Å². The average molecular weight is 232 g/mol. The largest absolute Gasteiger partial charge is 0.382 e. The number of nitrogen functional groups attached to an aromatic ring is 1. The Labute approximate surface area is 97.8 Å². The van der Waals surface area contributed by atoms with E-state index in [1.165, 1.54) is 11.6 Å². The lowest BCUT2D eigenvalue weighted by atomic mass is 10.2. The first-order valence-corrected chi connectivity index (χ1v) is 4.94. The molecule has 0 unspecified atom stereocenters. The predicted octanol–water partition coefficient (Wildman–Crippen LogP) is 0.773. The van der Waals surface area contributed by atoms with Crippen molar-refractivity contribution in [3.63, 3.8) is 0 Å². The molecule has 2 heterocycles. The molecular weight excluding hydrogens is 220 g/mol. The number of nitrogens with zero attached hydrogens (tertiary/aromatic N) is 4. The third-order valence-corrected chi connectivity index (χ3v) is 2.58. The predicted molar refractivity (Wildman–Crippen MR) is 62.2 cm³/mol. The molecule has 2 aromatic heterocycles.